The lowest BCUT2D eigenvalue weighted by atomic mass is 9.80. The third kappa shape index (κ3) is 3.17. The van der Waals surface area contributed by atoms with E-state index in [1.165, 1.54) is 11.0 Å². The van der Waals surface area contributed by atoms with Crippen LogP contribution in [0.15, 0.2) is 59.5 Å². The van der Waals surface area contributed by atoms with Crippen LogP contribution >= 0.6 is 11.6 Å². The first-order valence-corrected chi connectivity index (χ1v) is 10.7. The second kappa shape index (κ2) is 7.67. The zero-order chi connectivity index (χ0) is 23.3. The van der Waals surface area contributed by atoms with Gasteiger partial charge in [0.15, 0.2) is 5.41 Å². The number of aryl methyl sites for hydroxylation is 1. The van der Waals surface area contributed by atoms with Crippen LogP contribution in [0, 0.1) is 6.92 Å². The van der Waals surface area contributed by atoms with Crippen molar-refractivity contribution in [2.24, 2.45) is 0 Å². The Hall–Kier alpha value is -3.78. The third-order valence-electron chi connectivity index (χ3n) is 6.02. The SMILES string of the molecule is C=CCN1C(=O)CC2(C1=O)C(=O)N(Cc1nnc(-c3ccc(C)cc3)o1)c1ccc(Cl)cc12. The fraction of sp³-hybridized carbons (Fsp3) is 0.208. The first kappa shape index (κ1) is 21.1. The number of carbonyl (C=O) groups excluding carboxylic acids is 3. The number of hydrogen-bond acceptors (Lipinski definition) is 6. The van der Waals surface area contributed by atoms with Gasteiger partial charge in [-0.3, -0.25) is 19.3 Å². The second-order valence-corrected chi connectivity index (χ2v) is 8.54. The van der Waals surface area contributed by atoms with Gasteiger partial charge >= 0.3 is 0 Å². The quantitative estimate of drug-likeness (QED) is 0.327. The number of aromatic nitrogens is 2. The maximum Gasteiger partial charge on any atom is 0.250 e. The maximum atomic E-state index is 13.7. The Bertz CT molecular complexity index is 1320. The summed E-state index contributed by atoms with van der Waals surface area (Å²) in [5.41, 5.74) is 1.10. The van der Waals surface area contributed by atoms with E-state index in [1.807, 2.05) is 31.2 Å². The zero-order valence-corrected chi connectivity index (χ0v) is 18.5. The monoisotopic (exact) mass is 462 g/mol. The first-order valence-electron chi connectivity index (χ1n) is 10.3. The minimum Gasteiger partial charge on any atom is -0.419 e. The molecule has 166 valence electrons. The fourth-order valence-corrected chi connectivity index (χ4v) is 4.57. The Kier molecular flexibility index (Phi) is 4.90. The number of nitrogens with zero attached hydrogens (tertiary/aromatic N) is 4. The summed E-state index contributed by atoms with van der Waals surface area (Å²) < 4.78 is 5.80. The molecule has 2 aromatic carbocycles. The van der Waals surface area contributed by atoms with Crippen molar-refractivity contribution >= 4 is 35.0 Å². The molecule has 1 unspecified atom stereocenters. The topological polar surface area (TPSA) is 96.6 Å². The van der Waals surface area contributed by atoms with Gasteiger partial charge in [-0.25, -0.2) is 0 Å². The van der Waals surface area contributed by atoms with Crippen molar-refractivity contribution in [2.75, 3.05) is 11.4 Å². The van der Waals surface area contributed by atoms with Gasteiger partial charge in [0.1, 0.15) is 6.54 Å². The van der Waals surface area contributed by atoms with Gasteiger partial charge in [-0.2, -0.15) is 0 Å². The third-order valence-corrected chi connectivity index (χ3v) is 6.25. The van der Waals surface area contributed by atoms with Crippen molar-refractivity contribution in [3.63, 3.8) is 0 Å². The van der Waals surface area contributed by atoms with Gasteiger partial charge in [0, 0.05) is 28.4 Å². The lowest BCUT2D eigenvalue weighted by Gasteiger charge is -2.21. The molecule has 9 heteroatoms. The summed E-state index contributed by atoms with van der Waals surface area (Å²) in [4.78, 5) is 42.1. The molecule has 0 saturated carbocycles. The Balaban J connectivity index is 1.52. The zero-order valence-electron chi connectivity index (χ0n) is 17.7. The van der Waals surface area contributed by atoms with Gasteiger partial charge in [0.25, 0.3) is 0 Å². The summed E-state index contributed by atoms with van der Waals surface area (Å²) in [6.07, 6.45) is 1.19. The molecule has 5 rings (SSSR count). The molecule has 3 aromatic rings. The van der Waals surface area contributed by atoms with Crippen LogP contribution in [-0.4, -0.2) is 39.4 Å². The summed E-state index contributed by atoms with van der Waals surface area (Å²) >= 11 is 6.21. The average Bonchev–Trinajstić information content (AvgIpc) is 3.42. The number of benzene rings is 2. The molecule has 0 radical (unpaired) electrons. The highest BCUT2D eigenvalue weighted by Gasteiger charge is 2.63. The van der Waals surface area contributed by atoms with E-state index in [-0.39, 0.29) is 25.4 Å². The number of carbonyl (C=O) groups is 3. The molecular formula is C24H19ClN4O4. The van der Waals surface area contributed by atoms with Crippen molar-refractivity contribution in [1.29, 1.82) is 0 Å². The molecule has 2 aliphatic rings. The van der Waals surface area contributed by atoms with E-state index in [0.717, 1.165) is 16.0 Å². The molecule has 0 aliphatic carbocycles. The van der Waals surface area contributed by atoms with E-state index in [4.69, 9.17) is 16.0 Å². The van der Waals surface area contributed by atoms with Gasteiger partial charge in [0.05, 0.1) is 6.42 Å². The van der Waals surface area contributed by atoms with Gasteiger partial charge in [0.2, 0.25) is 29.5 Å². The van der Waals surface area contributed by atoms with E-state index in [2.05, 4.69) is 16.8 Å². The highest BCUT2D eigenvalue weighted by Crippen LogP contribution is 2.49. The number of fused-ring (bicyclic) bond motifs is 2. The summed E-state index contributed by atoms with van der Waals surface area (Å²) in [5, 5.41) is 8.54. The molecular weight excluding hydrogens is 444 g/mol. The number of hydrogen-bond donors (Lipinski definition) is 0. The predicted octanol–water partition coefficient (Wildman–Crippen LogP) is 3.43. The molecule has 8 nitrogen and oxygen atoms in total. The van der Waals surface area contributed by atoms with E-state index < -0.39 is 23.1 Å². The molecule has 1 aromatic heterocycles. The standard InChI is InChI=1S/C24H19ClN4O4/c1-3-10-28-20(30)12-24(22(28)31)17-11-16(25)8-9-18(17)29(23(24)32)13-19-26-27-21(33-19)15-6-4-14(2)5-7-15/h3-9,11H,1,10,12-13H2,2H3. The lowest BCUT2D eigenvalue weighted by molar-refractivity contribution is -0.141. The molecule has 3 amide bonds. The van der Waals surface area contributed by atoms with Gasteiger partial charge < -0.3 is 9.32 Å². The van der Waals surface area contributed by atoms with Crippen LogP contribution in [0.2, 0.25) is 5.02 Å². The number of anilines is 1. The maximum absolute atomic E-state index is 13.7. The number of rotatable bonds is 5. The smallest absolute Gasteiger partial charge is 0.250 e. The number of imide groups is 1. The van der Waals surface area contributed by atoms with Crippen molar-refractivity contribution in [3.8, 4) is 11.5 Å². The molecule has 0 N–H and O–H groups in total. The van der Waals surface area contributed by atoms with E-state index in [1.54, 1.807) is 18.2 Å². The van der Waals surface area contributed by atoms with Crippen molar-refractivity contribution < 1.29 is 18.8 Å². The lowest BCUT2D eigenvalue weighted by Crippen LogP contribution is -2.46. The first-order chi connectivity index (χ1) is 15.8. The molecule has 33 heavy (non-hydrogen) atoms. The van der Waals surface area contributed by atoms with Crippen molar-refractivity contribution in [2.45, 2.75) is 25.3 Å². The summed E-state index contributed by atoms with van der Waals surface area (Å²) in [6.45, 7) is 5.57. The van der Waals surface area contributed by atoms with E-state index in [9.17, 15) is 14.4 Å². The highest BCUT2D eigenvalue weighted by molar-refractivity contribution is 6.32. The molecule has 1 saturated heterocycles. The molecule has 1 fully saturated rings. The number of amides is 3. The second-order valence-electron chi connectivity index (χ2n) is 8.10. The summed E-state index contributed by atoms with van der Waals surface area (Å²) in [7, 11) is 0. The molecule has 1 spiro atoms. The molecule has 2 aliphatic heterocycles. The van der Waals surface area contributed by atoms with Crippen LogP contribution in [0.5, 0.6) is 0 Å². The average molecular weight is 463 g/mol. The van der Waals surface area contributed by atoms with Gasteiger partial charge in [-0.1, -0.05) is 35.4 Å². The summed E-state index contributed by atoms with van der Waals surface area (Å²) in [6, 6.07) is 12.5. The Morgan fingerprint density at radius 1 is 1.09 bits per heavy atom. The fourth-order valence-electron chi connectivity index (χ4n) is 4.40. The highest BCUT2D eigenvalue weighted by atomic mass is 35.5. The Morgan fingerprint density at radius 2 is 1.82 bits per heavy atom. The van der Waals surface area contributed by atoms with Crippen LogP contribution in [0.1, 0.15) is 23.4 Å². The Labute approximate surface area is 194 Å². The van der Waals surface area contributed by atoms with Crippen molar-refractivity contribution in [1.82, 2.24) is 15.1 Å². The minimum absolute atomic E-state index is 0.0339. The van der Waals surface area contributed by atoms with Crippen LogP contribution in [0.3, 0.4) is 0 Å². The van der Waals surface area contributed by atoms with Crippen LogP contribution in [0.25, 0.3) is 11.5 Å². The number of halogens is 1. The summed E-state index contributed by atoms with van der Waals surface area (Å²) in [5.74, 6) is -0.988. The van der Waals surface area contributed by atoms with Gasteiger partial charge in [-0.05, 0) is 37.3 Å². The largest absolute Gasteiger partial charge is 0.419 e. The van der Waals surface area contributed by atoms with E-state index in [0.29, 0.717) is 22.2 Å². The molecule has 0 bridgehead atoms. The van der Waals surface area contributed by atoms with Crippen LogP contribution < -0.4 is 4.90 Å². The van der Waals surface area contributed by atoms with Crippen molar-refractivity contribution in [3.05, 3.63) is 77.2 Å². The Morgan fingerprint density at radius 3 is 2.55 bits per heavy atom. The molecule has 1 atom stereocenters. The van der Waals surface area contributed by atoms with E-state index >= 15 is 0 Å². The normalized spacial score (nSPS) is 19.6. The van der Waals surface area contributed by atoms with Crippen LogP contribution in [0.4, 0.5) is 5.69 Å². The van der Waals surface area contributed by atoms with Gasteiger partial charge in [-0.15, -0.1) is 16.8 Å². The molecule has 3 heterocycles. The minimum atomic E-state index is -1.65. The van der Waals surface area contributed by atoms with Crippen LogP contribution in [-0.2, 0) is 26.3 Å². The predicted molar refractivity (Wildman–Crippen MR) is 120 cm³/mol. The number of likely N-dealkylation sites (tertiary alicyclic amines) is 1.